The fourth-order valence-corrected chi connectivity index (χ4v) is 7.35. The third-order valence-electron chi connectivity index (χ3n) is 8.30. The van der Waals surface area contributed by atoms with Crippen LogP contribution in [0, 0.1) is 5.92 Å². The summed E-state index contributed by atoms with van der Waals surface area (Å²) < 4.78 is 36.2. The number of carbonyl (C=O) groups excluding carboxylic acids is 1. The van der Waals surface area contributed by atoms with Crippen molar-refractivity contribution >= 4 is 33.2 Å². The van der Waals surface area contributed by atoms with E-state index >= 15 is 0 Å². The van der Waals surface area contributed by atoms with E-state index in [0.717, 1.165) is 61.1 Å². The van der Waals surface area contributed by atoms with Crippen LogP contribution in [-0.2, 0) is 16.4 Å². The third kappa shape index (κ3) is 5.10. The molecular weight excluding hydrogens is 497 g/mol. The Morgan fingerprint density at radius 3 is 2.68 bits per heavy atom. The number of aromatic nitrogens is 1. The van der Waals surface area contributed by atoms with Crippen LogP contribution < -0.4 is 14.8 Å². The average molecular weight is 532 g/mol. The Hall–Kier alpha value is -2.78. The van der Waals surface area contributed by atoms with Gasteiger partial charge in [-0.15, -0.1) is 0 Å². The van der Waals surface area contributed by atoms with Crippen molar-refractivity contribution in [1.29, 1.82) is 0 Å². The van der Waals surface area contributed by atoms with E-state index in [0.29, 0.717) is 36.7 Å². The molecule has 0 spiro atoms. The Balaban J connectivity index is 1.56. The van der Waals surface area contributed by atoms with E-state index in [1.165, 1.54) is 37.1 Å². The summed E-state index contributed by atoms with van der Waals surface area (Å²) in [7, 11) is -3.82. The van der Waals surface area contributed by atoms with E-state index in [-0.39, 0.29) is 0 Å². The Labute approximate surface area is 225 Å². The van der Waals surface area contributed by atoms with Crippen molar-refractivity contribution < 1.29 is 17.9 Å². The van der Waals surface area contributed by atoms with Gasteiger partial charge in [0.25, 0.3) is 5.91 Å². The number of ether oxygens (including phenoxy) is 1. The molecule has 2 aliphatic heterocycles. The van der Waals surface area contributed by atoms with Crippen molar-refractivity contribution in [3.05, 3.63) is 53.6 Å². The summed E-state index contributed by atoms with van der Waals surface area (Å²) in [6, 6.07) is 14.0. The zero-order chi connectivity index (χ0) is 26.1. The summed E-state index contributed by atoms with van der Waals surface area (Å²) >= 11 is 0. The lowest BCUT2D eigenvalue weighted by atomic mass is 9.81. The highest BCUT2D eigenvalue weighted by Crippen LogP contribution is 2.47. The SMILES string of the molecule is O=C1NS(=O)(=O)[B]CCCNCCC2COc3ccccc3-c3c(C4CCCCC4)c4ccc1cc4n3C2. The molecule has 199 valence electrons. The average Bonchev–Trinajstić information content (AvgIpc) is 3.22. The second kappa shape index (κ2) is 10.8. The lowest BCUT2D eigenvalue weighted by molar-refractivity contribution is 0.0982. The molecule has 3 heterocycles. The molecule has 7 nitrogen and oxygen atoms in total. The van der Waals surface area contributed by atoms with Crippen LogP contribution in [0.2, 0.25) is 6.32 Å². The monoisotopic (exact) mass is 532 g/mol. The normalized spacial score (nSPS) is 22.6. The van der Waals surface area contributed by atoms with Crippen molar-refractivity contribution in [3.63, 3.8) is 0 Å². The number of hydrogen-bond acceptors (Lipinski definition) is 5. The van der Waals surface area contributed by atoms with Crippen molar-refractivity contribution in [2.75, 3.05) is 19.7 Å². The van der Waals surface area contributed by atoms with Crippen LogP contribution in [0.5, 0.6) is 5.75 Å². The molecule has 9 heteroatoms. The summed E-state index contributed by atoms with van der Waals surface area (Å²) in [5.74, 6) is 1.05. The van der Waals surface area contributed by atoms with Crippen LogP contribution in [0.15, 0.2) is 42.5 Å². The van der Waals surface area contributed by atoms with E-state index in [1.54, 1.807) is 6.07 Å². The molecule has 38 heavy (non-hydrogen) atoms. The Morgan fingerprint density at radius 2 is 1.82 bits per heavy atom. The maximum atomic E-state index is 13.1. The summed E-state index contributed by atoms with van der Waals surface area (Å²) in [6.07, 6.45) is 8.03. The van der Waals surface area contributed by atoms with Gasteiger partial charge < -0.3 is 14.6 Å². The topological polar surface area (TPSA) is 89.4 Å². The van der Waals surface area contributed by atoms with Gasteiger partial charge in [-0.2, -0.15) is 0 Å². The molecule has 1 aliphatic carbocycles. The predicted molar refractivity (Wildman–Crippen MR) is 151 cm³/mol. The van der Waals surface area contributed by atoms with Gasteiger partial charge >= 0.3 is 6.56 Å². The lowest BCUT2D eigenvalue weighted by Gasteiger charge is -2.28. The van der Waals surface area contributed by atoms with Gasteiger partial charge in [0.15, 0.2) is 9.87 Å². The van der Waals surface area contributed by atoms with E-state index in [9.17, 15) is 13.2 Å². The molecule has 2 aromatic carbocycles. The molecule has 3 aromatic rings. The molecular formula is C29H35BN3O4S. The van der Waals surface area contributed by atoms with E-state index < -0.39 is 15.8 Å². The van der Waals surface area contributed by atoms with Gasteiger partial charge in [-0.1, -0.05) is 43.8 Å². The molecule has 1 atom stereocenters. The standard InChI is InChI=1S/C29H35BN3O4S/c34-29-22-11-12-23-25(17-22)33-18-20(13-16-31-15-6-14-30-38(35,36)32-29)19-37-26-10-5-4-9-24(26)28(33)27(23)21-7-2-1-3-8-21/h4-5,9-12,17,20-21,31H,1-3,6-8,13-16,18-19H2,(H,32,34). The van der Waals surface area contributed by atoms with Gasteiger partial charge in [0, 0.05) is 34.5 Å². The first-order valence-corrected chi connectivity index (χ1v) is 15.5. The predicted octanol–water partition coefficient (Wildman–Crippen LogP) is 4.85. The number of carbonyl (C=O) groups is 1. The van der Waals surface area contributed by atoms with Crippen molar-refractivity contribution in [2.45, 2.75) is 63.7 Å². The number of fused-ring (bicyclic) bond motifs is 4. The van der Waals surface area contributed by atoms with Crippen LogP contribution in [0.4, 0.5) is 0 Å². The van der Waals surface area contributed by atoms with E-state index in [2.05, 4.69) is 32.8 Å². The summed E-state index contributed by atoms with van der Waals surface area (Å²) in [4.78, 5) is 13.1. The second-order valence-corrected chi connectivity index (χ2v) is 12.6. The van der Waals surface area contributed by atoms with Gasteiger partial charge in [-0.25, -0.2) is 8.42 Å². The molecule has 1 amide bonds. The smallest absolute Gasteiger partial charge is 0.308 e. The Kier molecular flexibility index (Phi) is 7.23. The number of benzene rings is 2. The zero-order valence-corrected chi connectivity index (χ0v) is 22.6. The first-order chi connectivity index (χ1) is 18.5. The molecule has 0 saturated heterocycles. The maximum Gasteiger partial charge on any atom is 0.308 e. The van der Waals surface area contributed by atoms with Crippen LogP contribution in [-0.4, -0.2) is 45.1 Å². The van der Waals surface area contributed by atoms with Crippen molar-refractivity contribution in [3.8, 4) is 17.0 Å². The van der Waals surface area contributed by atoms with Gasteiger partial charge in [0.1, 0.15) is 5.75 Å². The minimum atomic E-state index is -3.82. The molecule has 1 aromatic heterocycles. The fraction of sp³-hybridized carbons (Fsp3) is 0.483. The Morgan fingerprint density at radius 1 is 0.974 bits per heavy atom. The number of rotatable bonds is 1. The zero-order valence-electron chi connectivity index (χ0n) is 21.7. The van der Waals surface area contributed by atoms with E-state index in [1.807, 2.05) is 18.2 Å². The Bertz CT molecular complexity index is 1450. The molecule has 1 saturated carbocycles. The highest BCUT2D eigenvalue weighted by Gasteiger charge is 2.31. The molecule has 2 N–H and O–H groups in total. The minimum absolute atomic E-state index is 0.293. The first-order valence-electron chi connectivity index (χ1n) is 14.0. The summed E-state index contributed by atoms with van der Waals surface area (Å²) in [5, 5.41) is 4.62. The number of amides is 1. The second-order valence-electron chi connectivity index (χ2n) is 10.9. The number of para-hydroxylation sites is 1. The van der Waals surface area contributed by atoms with Crippen LogP contribution >= 0.6 is 0 Å². The highest BCUT2D eigenvalue weighted by atomic mass is 32.2. The number of nitrogens with one attached hydrogen (secondary N) is 2. The molecule has 1 unspecified atom stereocenters. The number of nitrogens with zero attached hydrogens (tertiary/aromatic N) is 1. The summed E-state index contributed by atoms with van der Waals surface area (Å²) in [5.41, 5.74) is 5.00. The van der Waals surface area contributed by atoms with Crippen molar-refractivity contribution in [2.24, 2.45) is 5.92 Å². The van der Waals surface area contributed by atoms with Crippen molar-refractivity contribution in [1.82, 2.24) is 14.6 Å². The largest absolute Gasteiger partial charge is 0.493 e. The molecule has 1 fully saturated rings. The summed E-state index contributed by atoms with van der Waals surface area (Å²) in [6.45, 7) is 4.19. The van der Waals surface area contributed by atoms with E-state index in [4.69, 9.17) is 4.74 Å². The van der Waals surface area contributed by atoms with Gasteiger partial charge in [0.05, 0.1) is 12.3 Å². The minimum Gasteiger partial charge on any atom is -0.493 e. The van der Waals surface area contributed by atoms with Crippen LogP contribution in [0.1, 0.15) is 66.8 Å². The fourth-order valence-electron chi connectivity index (χ4n) is 6.41. The van der Waals surface area contributed by atoms with Gasteiger partial charge in [0.2, 0.25) is 0 Å². The van der Waals surface area contributed by atoms with Gasteiger partial charge in [-0.05, 0) is 74.5 Å². The highest BCUT2D eigenvalue weighted by molar-refractivity contribution is 8.14. The van der Waals surface area contributed by atoms with Crippen LogP contribution in [0.25, 0.3) is 22.2 Å². The molecule has 3 aliphatic rings. The maximum absolute atomic E-state index is 13.1. The molecule has 1 radical (unpaired) electrons. The van der Waals surface area contributed by atoms with Gasteiger partial charge in [-0.3, -0.25) is 9.52 Å². The molecule has 4 bridgehead atoms. The first kappa shape index (κ1) is 25.5. The third-order valence-corrected chi connectivity index (χ3v) is 9.44. The molecule has 6 rings (SSSR count). The lowest BCUT2D eigenvalue weighted by Crippen LogP contribution is -2.34. The quantitative estimate of drug-likeness (QED) is 0.438. The van der Waals surface area contributed by atoms with Crippen LogP contribution in [0.3, 0.4) is 0 Å². The number of hydrogen-bond donors (Lipinski definition) is 2.